The number of ether oxygens (including phenoxy) is 1. The molecule has 9 heteroatoms. The summed E-state index contributed by atoms with van der Waals surface area (Å²) in [5.74, 6) is -0.617. The highest BCUT2D eigenvalue weighted by molar-refractivity contribution is 7.17. The second kappa shape index (κ2) is 7.97. The summed E-state index contributed by atoms with van der Waals surface area (Å²) >= 11 is 1.24. The smallest absolute Gasteiger partial charge is 0.406 e. The summed E-state index contributed by atoms with van der Waals surface area (Å²) in [6.07, 6.45) is -3.09. The van der Waals surface area contributed by atoms with Gasteiger partial charge in [0.1, 0.15) is 15.6 Å². The Balaban J connectivity index is 1.70. The molecule has 3 rings (SSSR count). The number of alkyl halides is 3. The van der Waals surface area contributed by atoms with Crippen molar-refractivity contribution in [1.29, 1.82) is 0 Å². The summed E-state index contributed by atoms with van der Waals surface area (Å²) in [6.45, 7) is 3.49. The van der Waals surface area contributed by atoms with Crippen LogP contribution in [0.5, 0.6) is 5.75 Å². The van der Waals surface area contributed by atoms with Gasteiger partial charge in [0.15, 0.2) is 0 Å². The molecule has 1 unspecified atom stereocenters. The molecule has 0 spiro atoms. The van der Waals surface area contributed by atoms with Gasteiger partial charge in [-0.1, -0.05) is 18.2 Å². The van der Waals surface area contributed by atoms with Crippen LogP contribution in [0.25, 0.3) is 10.7 Å². The Morgan fingerprint density at radius 2 is 1.89 bits per heavy atom. The minimum Gasteiger partial charge on any atom is -0.406 e. The molecule has 28 heavy (non-hydrogen) atoms. The predicted molar refractivity (Wildman–Crippen MR) is 99.1 cm³/mol. The Morgan fingerprint density at radius 1 is 1.18 bits per heavy atom. The predicted octanol–water partition coefficient (Wildman–Crippen LogP) is 4.90. The molecule has 0 saturated carbocycles. The fourth-order valence-electron chi connectivity index (χ4n) is 2.51. The first kappa shape index (κ1) is 19.8. The average molecular weight is 407 g/mol. The third kappa shape index (κ3) is 4.86. The number of carbonyl (C=O) groups excluding carboxylic acids is 1. The van der Waals surface area contributed by atoms with Crippen LogP contribution in [-0.4, -0.2) is 22.2 Å². The quantitative estimate of drug-likeness (QED) is 0.653. The van der Waals surface area contributed by atoms with E-state index in [1.165, 1.54) is 35.6 Å². The Bertz CT molecular complexity index is 957. The van der Waals surface area contributed by atoms with E-state index >= 15 is 0 Å². The van der Waals surface area contributed by atoms with Gasteiger partial charge in [0.2, 0.25) is 0 Å². The van der Waals surface area contributed by atoms with Gasteiger partial charge in [-0.25, -0.2) is 4.98 Å². The number of carbonyl (C=O) groups is 1. The van der Waals surface area contributed by atoms with Gasteiger partial charge in [-0.15, -0.1) is 24.5 Å². The summed E-state index contributed by atoms with van der Waals surface area (Å²) in [5.41, 5.74) is 1.92. The molecule has 5 nitrogen and oxygen atoms in total. The number of thiazole rings is 1. The number of halogens is 3. The third-order valence-corrected chi connectivity index (χ3v) is 5.03. The van der Waals surface area contributed by atoms with E-state index in [0.29, 0.717) is 26.8 Å². The average Bonchev–Trinajstić information content (AvgIpc) is 3.03. The summed E-state index contributed by atoms with van der Waals surface area (Å²) in [6, 6.07) is 10.4. The van der Waals surface area contributed by atoms with E-state index in [1.807, 2.05) is 12.1 Å². The van der Waals surface area contributed by atoms with Gasteiger partial charge in [0.25, 0.3) is 5.91 Å². The maximum absolute atomic E-state index is 12.6. The van der Waals surface area contributed by atoms with Crippen LogP contribution in [0.4, 0.5) is 13.2 Å². The molecule has 0 aliphatic rings. The van der Waals surface area contributed by atoms with Crippen molar-refractivity contribution in [3.63, 3.8) is 0 Å². The number of pyridine rings is 1. The lowest BCUT2D eigenvalue weighted by Crippen LogP contribution is -2.26. The molecule has 1 amide bonds. The zero-order valence-electron chi connectivity index (χ0n) is 14.9. The Labute approximate surface area is 163 Å². The van der Waals surface area contributed by atoms with Crippen LogP contribution in [0, 0.1) is 6.92 Å². The van der Waals surface area contributed by atoms with Crippen LogP contribution in [0.1, 0.15) is 33.9 Å². The van der Waals surface area contributed by atoms with E-state index in [9.17, 15) is 18.0 Å². The van der Waals surface area contributed by atoms with Crippen molar-refractivity contribution in [2.75, 3.05) is 0 Å². The number of rotatable bonds is 5. The first-order chi connectivity index (χ1) is 13.2. The van der Waals surface area contributed by atoms with E-state index in [4.69, 9.17) is 0 Å². The number of nitrogens with one attached hydrogen (secondary N) is 1. The SMILES string of the molecule is Cc1nc(-c2ccccn2)sc1C(=O)NC(C)c1ccc(OC(F)(F)F)cc1. The van der Waals surface area contributed by atoms with Crippen LogP contribution < -0.4 is 10.1 Å². The lowest BCUT2D eigenvalue weighted by atomic mass is 10.1. The molecule has 0 aliphatic heterocycles. The number of aryl methyl sites for hydroxylation is 1. The standard InChI is InChI=1S/C19H16F3N3O2S/c1-11(13-6-8-14(9-7-13)27-19(20,21)22)24-17(26)16-12(2)25-18(28-16)15-5-3-4-10-23-15/h3-11H,1-2H3,(H,24,26). The van der Waals surface area contributed by atoms with Crippen LogP contribution in [0.2, 0.25) is 0 Å². The second-order valence-corrected chi connectivity index (χ2v) is 6.96. The van der Waals surface area contributed by atoms with Gasteiger partial charge < -0.3 is 10.1 Å². The Kier molecular flexibility index (Phi) is 5.64. The van der Waals surface area contributed by atoms with Gasteiger partial charge >= 0.3 is 6.36 Å². The molecule has 0 bridgehead atoms. The number of hydrogen-bond donors (Lipinski definition) is 1. The highest BCUT2D eigenvalue weighted by Crippen LogP contribution is 2.28. The lowest BCUT2D eigenvalue weighted by molar-refractivity contribution is -0.274. The van der Waals surface area contributed by atoms with Crippen LogP contribution >= 0.6 is 11.3 Å². The van der Waals surface area contributed by atoms with Crippen molar-refractivity contribution in [2.45, 2.75) is 26.3 Å². The maximum atomic E-state index is 12.6. The van der Waals surface area contributed by atoms with E-state index in [0.717, 1.165) is 0 Å². The molecular formula is C19H16F3N3O2S. The summed E-state index contributed by atoms with van der Waals surface area (Å²) < 4.78 is 40.6. The van der Waals surface area contributed by atoms with Gasteiger partial charge in [-0.2, -0.15) is 0 Å². The van der Waals surface area contributed by atoms with Gasteiger partial charge in [0, 0.05) is 6.20 Å². The maximum Gasteiger partial charge on any atom is 0.573 e. The number of nitrogens with zero attached hydrogens (tertiary/aromatic N) is 2. The normalized spacial score (nSPS) is 12.5. The monoisotopic (exact) mass is 407 g/mol. The molecule has 0 saturated heterocycles. The van der Waals surface area contributed by atoms with E-state index < -0.39 is 12.4 Å². The molecule has 1 atom stereocenters. The minimum absolute atomic E-state index is 0.305. The molecule has 146 valence electrons. The molecule has 2 heterocycles. The van der Waals surface area contributed by atoms with E-state index in [-0.39, 0.29) is 11.7 Å². The fraction of sp³-hybridized carbons (Fsp3) is 0.211. The largest absolute Gasteiger partial charge is 0.573 e. The summed E-state index contributed by atoms with van der Waals surface area (Å²) in [5, 5.41) is 3.48. The fourth-order valence-corrected chi connectivity index (χ4v) is 3.46. The second-order valence-electron chi connectivity index (χ2n) is 5.96. The summed E-state index contributed by atoms with van der Waals surface area (Å²) in [4.78, 5) is 21.7. The summed E-state index contributed by atoms with van der Waals surface area (Å²) in [7, 11) is 0. The van der Waals surface area contributed by atoms with Gasteiger partial charge in [-0.3, -0.25) is 9.78 Å². The minimum atomic E-state index is -4.74. The van der Waals surface area contributed by atoms with E-state index in [1.54, 1.807) is 26.1 Å². The molecule has 3 aromatic rings. The zero-order chi connectivity index (χ0) is 20.3. The van der Waals surface area contributed by atoms with Crippen LogP contribution in [0.3, 0.4) is 0 Å². The molecule has 0 aliphatic carbocycles. The topological polar surface area (TPSA) is 64.1 Å². The van der Waals surface area contributed by atoms with Crippen molar-refractivity contribution in [2.24, 2.45) is 0 Å². The van der Waals surface area contributed by atoms with Crippen molar-refractivity contribution >= 4 is 17.2 Å². The molecule has 2 aromatic heterocycles. The van der Waals surface area contributed by atoms with Crippen LogP contribution in [0.15, 0.2) is 48.7 Å². The number of aromatic nitrogens is 2. The molecule has 0 fully saturated rings. The highest BCUT2D eigenvalue weighted by atomic mass is 32.1. The van der Waals surface area contributed by atoms with Gasteiger partial charge in [-0.05, 0) is 43.7 Å². The molecule has 1 N–H and O–H groups in total. The lowest BCUT2D eigenvalue weighted by Gasteiger charge is -2.15. The Morgan fingerprint density at radius 3 is 2.50 bits per heavy atom. The molecular weight excluding hydrogens is 391 g/mol. The van der Waals surface area contributed by atoms with Crippen molar-refractivity contribution in [3.8, 4) is 16.5 Å². The molecule has 0 radical (unpaired) electrons. The van der Waals surface area contributed by atoms with Crippen molar-refractivity contribution < 1.29 is 22.7 Å². The number of amides is 1. The number of hydrogen-bond acceptors (Lipinski definition) is 5. The first-order valence-electron chi connectivity index (χ1n) is 8.28. The third-order valence-electron chi connectivity index (χ3n) is 3.85. The van der Waals surface area contributed by atoms with E-state index in [2.05, 4.69) is 20.0 Å². The van der Waals surface area contributed by atoms with Crippen molar-refractivity contribution in [1.82, 2.24) is 15.3 Å². The molecule has 1 aromatic carbocycles. The highest BCUT2D eigenvalue weighted by Gasteiger charge is 2.31. The zero-order valence-corrected chi connectivity index (χ0v) is 15.8. The van der Waals surface area contributed by atoms with Gasteiger partial charge in [0.05, 0.1) is 17.4 Å². The first-order valence-corrected chi connectivity index (χ1v) is 9.10. The van der Waals surface area contributed by atoms with Crippen LogP contribution in [-0.2, 0) is 0 Å². The van der Waals surface area contributed by atoms with Crippen molar-refractivity contribution in [3.05, 3.63) is 64.8 Å². The number of benzene rings is 1. The Hall–Kier alpha value is -2.94.